The van der Waals surface area contributed by atoms with Gasteiger partial charge in [0.1, 0.15) is 6.61 Å². The smallest absolute Gasteiger partial charge is 0.338 e. The zero-order valence-corrected chi connectivity index (χ0v) is 14.3. The van der Waals surface area contributed by atoms with Crippen LogP contribution in [0.4, 0.5) is 5.69 Å². The number of carbonyl (C=O) groups excluding carboxylic acids is 1. The summed E-state index contributed by atoms with van der Waals surface area (Å²) in [6.45, 7) is 8.84. The lowest BCUT2D eigenvalue weighted by Crippen LogP contribution is -2.48. The summed E-state index contributed by atoms with van der Waals surface area (Å²) >= 11 is 0. The van der Waals surface area contributed by atoms with Crippen molar-refractivity contribution < 1.29 is 9.53 Å². The van der Waals surface area contributed by atoms with Crippen molar-refractivity contribution in [3.05, 3.63) is 29.8 Å². The van der Waals surface area contributed by atoms with Gasteiger partial charge in [-0.3, -0.25) is 0 Å². The average molecular weight is 306 g/mol. The Morgan fingerprint density at radius 3 is 2.50 bits per heavy atom. The summed E-state index contributed by atoms with van der Waals surface area (Å²) in [5.41, 5.74) is 6.54. The third-order valence-electron chi connectivity index (χ3n) is 3.59. The molecule has 0 fully saturated rings. The van der Waals surface area contributed by atoms with Crippen molar-refractivity contribution in [2.45, 2.75) is 65.0 Å². The number of carbonyl (C=O) groups is 1. The fraction of sp³-hybridized carbons (Fsp3) is 0.611. The molecule has 0 spiro atoms. The molecule has 1 atom stereocenters. The van der Waals surface area contributed by atoms with Gasteiger partial charge in [0.25, 0.3) is 0 Å². The van der Waals surface area contributed by atoms with E-state index in [1.807, 2.05) is 0 Å². The maximum absolute atomic E-state index is 12.0. The predicted octanol–water partition coefficient (Wildman–Crippen LogP) is 3.76. The highest BCUT2D eigenvalue weighted by atomic mass is 16.5. The van der Waals surface area contributed by atoms with Crippen LogP contribution in [0.1, 0.15) is 63.7 Å². The summed E-state index contributed by atoms with van der Waals surface area (Å²) < 4.78 is 5.42. The van der Waals surface area contributed by atoms with Crippen molar-refractivity contribution >= 4 is 11.7 Å². The van der Waals surface area contributed by atoms with E-state index in [4.69, 9.17) is 10.5 Å². The molecule has 124 valence electrons. The second-order valence-electron chi connectivity index (χ2n) is 6.62. The molecule has 4 heteroatoms. The van der Waals surface area contributed by atoms with E-state index >= 15 is 0 Å². The van der Waals surface area contributed by atoms with Crippen molar-refractivity contribution in [3.63, 3.8) is 0 Å². The van der Waals surface area contributed by atoms with Crippen molar-refractivity contribution in [1.82, 2.24) is 5.32 Å². The number of ether oxygens (including phenoxy) is 1. The molecule has 3 N–H and O–H groups in total. The Hall–Kier alpha value is -1.55. The number of rotatable bonds is 9. The molecule has 1 rings (SSSR count). The summed E-state index contributed by atoms with van der Waals surface area (Å²) in [6, 6.07) is 7.19. The third-order valence-corrected chi connectivity index (χ3v) is 3.59. The van der Waals surface area contributed by atoms with Gasteiger partial charge in [0.2, 0.25) is 0 Å². The van der Waals surface area contributed by atoms with E-state index in [-0.39, 0.29) is 11.5 Å². The predicted molar refractivity (Wildman–Crippen MR) is 92.0 cm³/mol. The highest BCUT2D eigenvalue weighted by Crippen LogP contribution is 2.12. The quantitative estimate of drug-likeness (QED) is 0.414. The van der Waals surface area contributed by atoms with Crippen LogP contribution in [0.15, 0.2) is 24.3 Å². The van der Waals surface area contributed by atoms with Crippen LogP contribution in [-0.4, -0.2) is 24.2 Å². The first kappa shape index (κ1) is 18.5. The Kier molecular flexibility index (Phi) is 7.39. The normalized spacial score (nSPS) is 12.9. The van der Waals surface area contributed by atoms with E-state index in [2.05, 4.69) is 33.0 Å². The van der Waals surface area contributed by atoms with Gasteiger partial charge in [0.15, 0.2) is 0 Å². The van der Waals surface area contributed by atoms with E-state index < -0.39 is 0 Å². The lowest BCUT2D eigenvalue weighted by Gasteiger charge is -2.30. The van der Waals surface area contributed by atoms with Gasteiger partial charge in [-0.25, -0.2) is 4.79 Å². The number of unbranched alkanes of at least 4 members (excludes halogenated alkanes) is 2. The van der Waals surface area contributed by atoms with Gasteiger partial charge in [-0.2, -0.15) is 0 Å². The number of benzene rings is 1. The summed E-state index contributed by atoms with van der Waals surface area (Å²) in [6.07, 6.45) is 4.86. The first-order chi connectivity index (χ1) is 10.3. The molecule has 22 heavy (non-hydrogen) atoms. The van der Waals surface area contributed by atoms with E-state index in [0.717, 1.165) is 6.42 Å². The Labute approximate surface area is 134 Å². The van der Waals surface area contributed by atoms with Gasteiger partial charge in [-0.15, -0.1) is 0 Å². The molecule has 1 unspecified atom stereocenters. The van der Waals surface area contributed by atoms with E-state index in [1.54, 1.807) is 24.3 Å². The second kappa shape index (κ2) is 8.79. The van der Waals surface area contributed by atoms with Gasteiger partial charge >= 0.3 is 5.97 Å². The number of nitrogen functional groups attached to an aromatic ring is 1. The van der Waals surface area contributed by atoms with E-state index in [9.17, 15) is 4.79 Å². The van der Waals surface area contributed by atoms with Gasteiger partial charge in [-0.05, 0) is 51.5 Å². The van der Waals surface area contributed by atoms with Crippen LogP contribution >= 0.6 is 0 Å². The SMILES string of the molecule is CCCCCC(C)NC(C)(C)COC(=O)c1ccc(N)cc1. The summed E-state index contributed by atoms with van der Waals surface area (Å²) in [7, 11) is 0. The number of hydrogen-bond acceptors (Lipinski definition) is 4. The van der Waals surface area contributed by atoms with Crippen LogP contribution in [0.25, 0.3) is 0 Å². The zero-order valence-electron chi connectivity index (χ0n) is 14.3. The molecular weight excluding hydrogens is 276 g/mol. The number of nitrogens with two attached hydrogens (primary N) is 1. The van der Waals surface area contributed by atoms with Gasteiger partial charge in [0, 0.05) is 17.3 Å². The maximum Gasteiger partial charge on any atom is 0.338 e. The van der Waals surface area contributed by atoms with Crippen LogP contribution in [0.3, 0.4) is 0 Å². The monoisotopic (exact) mass is 306 g/mol. The lowest BCUT2D eigenvalue weighted by atomic mass is 10.0. The van der Waals surface area contributed by atoms with Crippen molar-refractivity contribution in [3.8, 4) is 0 Å². The Morgan fingerprint density at radius 2 is 1.91 bits per heavy atom. The lowest BCUT2D eigenvalue weighted by molar-refractivity contribution is 0.0388. The molecule has 0 aliphatic heterocycles. The standard InChI is InChI=1S/C18H30N2O2/c1-5-6-7-8-14(2)20-18(3,4)13-22-17(21)15-9-11-16(19)12-10-15/h9-12,14,20H,5-8,13,19H2,1-4H3. The zero-order chi connectivity index (χ0) is 16.6. The first-order valence-corrected chi connectivity index (χ1v) is 8.14. The molecule has 0 amide bonds. The van der Waals surface area contributed by atoms with Crippen molar-refractivity contribution in [2.75, 3.05) is 12.3 Å². The third kappa shape index (κ3) is 6.94. The van der Waals surface area contributed by atoms with Crippen LogP contribution in [0, 0.1) is 0 Å². The van der Waals surface area contributed by atoms with Gasteiger partial charge in [-0.1, -0.05) is 26.2 Å². The van der Waals surface area contributed by atoms with Crippen molar-refractivity contribution in [2.24, 2.45) is 0 Å². The largest absolute Gasteiger partial charge is 0.460 e. The maximum atomic E-state index is 12.0. The molecule has 0 aromatic heterocycles. The first-order valence-electron chi connectivity index (χ1n) is 8.14. The van der Waals surface area contributed by atoms with Gasteiger partial charge in [0.05, 0.1) is 5.56 Å². The minimum atomic E-state index is -0.312. The Bertz CT molecular complexity index is 455. The van der Waals surface area contributed by atoms with Crippen LogP contribution in [0.2, 0.25) is 0 Å². The number of hydrogen-bond donors (Lipinski definition) is 2. The van der Waals surface area contributed by atoms with Crippen molar-refractivity contribution in [1.29, 1.82) is 0 Å². The topological polar surface area (TPSA) is 64.3 Å². The molecule has 0 aliphatic rings. The minimum Gasteiger partial charge on any atom is -0.460 e. The minimum absolute atomic E-state index is 0.241. The highest BCUT2D eigenvalue weighted by molar-refractivity contribution is 5.89. The summed E-state index contributed by atoms with van der Waals surface area (Å²) in [4.78, 5) is 12.0. The molecule has 0 saturated carbocycles. The molecule has 4 nitrogen and oxygen atoms in total. The molecule has 0 saturated heterocycles. The molecule has 0 radical (unpaired) electrons. The second-order valence-corrected chi connectivity index (χ2v) is 6.62. The number of nitrogens with one attached hydrogen (secondary N) is 1. The van der Waals surface area contributed by atoms with E-state index in [0.29, 0.717) is 23.9 Å². The number of anilines is 1. The molecule has 1 aromatic rings. The van der Waals surface area contributed by atoms with Crippen LogP contribution < -0.4 is 11.1 Å². The molecular formula is C18H30N2O2. The number of esters is 1. The van der Waals surface area contributed by atoms with E-state index in [1.165, 1.54) is 19.3 Å². The fourth-order valence-corrected chi connectivity index (χ4v) is 2.43. The Morgan fingerprint density at radius 1 is 1.27 bits per heavy atom. The molecule has 1 aromatic carbocycles. The highest BCUT2D eigenvalue weighted by Gasteiger charge is 2.22. The molecule has 0 bridgehead atoms. The molecule has 0 heterocycles. The Balaban J connectivity index is 2.40. The fourth-order valence-electron chi connectivity index (χ4n) is 2.43. The average Bonchev–Trinajstić information content (AvgIpc) is 2.45. The van der Waals surface area contributed by atoms with Crippen LogP contribution in [0.5, 0.6) is 0 Å². The van der Waals surface area contributed by atoms with Gasteiger partial charge < -0.3 is 15.8 Å². The molecule has 0 aliphatic carbocycles. The summed E-state index contributed by atoms with van der Waals surface area (Å²) in [5.74, 6) is -0.312. The summed E-state index contributed by atoms with van der Waals surface area (Å²) in [5, 5.41) is 3.53. The van der Waals surface area contributed by atoms with Crippen LogP contribution in [-0.2, 0) is 4.74 Å².